The topological polar surface area (TPSA) is 59.6 Å². The Morgan fingerprint density at radius 3 is 2.83 bits per heavy atom. The predicted octanol–water partition coefficient (Wildman–Crippen LogP) is 0.686. The van der Waals surface area contributed by atoms with Gasteiger partial charge in [0.2, 0.25) is 5.91 Å². The van der Waals surface area contributed by atoms with Crippen molar-refractivity contribution in [2.75, 3.05) is 33.9 Å². The van der Waals surface area contributed by atoms with E-state index in [0.29, 0.717) is 31.7 Å². The summed E-state index contributed by atoms with van der Waals surface area (Å²) in [4.78, 5) is 11.4. The van der Waals surface area contributed by atoms with Gasteiger partial charge in [-0.3, -0.25) is 4.79 Å². The van der Waals surface area contributed by atoms with Crippen molar-refractivity contribution in [3.8, 4) is 0 Å². The highest BCUT2D eigenvalue weighted by molar-refractivity contribution is 5.76. The number of rotatable bonds is 8. The Bertz CT molecular complexity index is 236. The molecule has 0 aromatic carbocycles. The Morgan fingerprint density at radius 2 is 2.11 bits per heavy atom. The van der Waals surface area contributed by atoms with Crippen molar-refractivity contribution in [1.29, 1.82) is 0 Å². The van der Waals surface area contributed by atoms with Crippen LogP contribution in [0.3, 0.4) is 0 Å². The summed E-state index contributed by atoms with van der Waals surface area (Å²) in [6.07, 6.45) is 5.51. The van der Waals surface area contributed by atoms with Crippen LogP contribution >= 0.6 is 0 Å². The molecule has 1 saturated carbocycles. The third kappa shape index (κ3) is 6.33. The van der Waals surface area contributed by atoms with Crippen LogP contribution in [0.15, 0.2) is 0 Å². The molecule has 1 aliphatic rings. The molecule has 5 heteroatoms. The van der Waals surface area contributed by atoms with E-state index in [1.165, 1.54) is 12.8 Å². The van der Waals surface area contributed by atoms with E-state index in [0.717, 1.165) is 19.4 Å². The number of carbonyl (C=O) groups is 1. The van der Waals surface area contributed by atoms with Crippen molar-refractivity contribution in [3.63, 3.8) is 0 Å². The van der Waals surface area contributed by atoms with Crippen LogP contribution in [-0.2, 0) is 14.3 Å². The fourth-order valence-electron chi connectivity index (χ4n) is 2.32. The lowest BCUT2D eigenvalue weighted by molar-refractivity contribution is -0.121. The van der Waals surface area contributed by atoms with E-state index in [9.17, 15) is 4.79 Å². The highest BCUT2D eigenvalue weighted by Crippen LogP contribution is 2.20. The van der Waals surface area contributed by atoms with Crippen LogP contribution in [-0.4, -0.2) is 52.0 Å². The Balaban J connectivity index is 2.04. The smallest absolute Gasteiger partial charge is 0.221 e. The summed E-state index contributed by atoms with van der Waals surface area (Å²) in [5, 5.41) is 6.25. The van der Waals surface area contributed by atoms with Crippen LogP contribution in [0.1, 0.15) is 32.1 Å². The summed E-state index contributed by atoms with van der Waals surface area (Å²) in [5.41, 5.74) is 0. The van der Waals surface area contributed by atoms with Crippen LogP contribution in [0.4, 0.5) is 0 Å². The molecule has 1 amide bonds. The number of ether oxygens (including phenoxy) is 2. The van der Waals surface area contributed by atoms with Gasteiger partial charge in [-0.2, -0.15) is 0 Å². The van der Waals surface area contributed by atoms with Crippen molar-refractivity contribution in [2.24, 2.45) is 0 Å². The van der Waals surface area contributed by atoms with Crippen LogP contribution in [0.5, 0.6) is 0 Å². The molecule has 106 valence electrons. The summed E-state index contributed by atoms with van der Waals surface area (Å²) in [5.74, 6) is 0.0821. The molecule has 18 heavy (non-hydrogen) atoms. The molecule has 0 aromatic rings. The highest BCUT2D eigenvalue weighted by atomic mass is 16.5. The Kier molecular flexibility index (Phi) is 7.96. The fourth-order valence-corrected chi connectivity index (χ4v) is 2.32. The SMILES string of the molecule is COCCNC(=O)CCNC1CCCC(OC)C1. The first kappa shape index (κ1) is 15.4. The second-order valence-corrected chi connectivity index (χ2v) is 4.77. The molecule has 0 heterocycles. The molecule has 0 bridgehead atoms. The van der Waals surface area contributed by atoms with Crippen LogP contribution in [0.25, 0.3) is 0 Å². The maximum atomic E-state index is 11.4. The van der Waals surface area contributed by atoms with Gasteiger partial charge in [-0.1, -0.05) is 0 Å². The number of carbonyl (C=O) groups excluding carboxylic acids is 1. The second-order valence-electron chi connectivity index (χ2n) is 4.77. The van der Waals surface area contributed by atoms with Crippen molar-refractivity contribution in [1.82, 2.24) is 10.6 Å². The summed E-state index contributed by atoms with van der Waals surface area (Å²) >= 11 is 0. The first-order valence-electron chi connectivity index (χ1n) is 6.78. The second kappa shape index (κ2) is 9.30. The average Bonchev–Trinajstić information content (AvgIpc) is 2.39. The minimum absolute atomic E-state index is 0.0821. The summed E-state index contributed by atoms with van der Waals surface area (Å²) in [6.45, 7) is 1.89. The third-order valence-electron chi connectivity index (χ3n) is 3.37. The standard InChI is InChI=1S/C13H26N2O3/c1-17-9-8-15-13(16)6-7-14-11-4-3-5-12(10-11)18-2/h11-12,14H,3-10H2,1-2H3,(H,15,16). The number of hydrogen-bond donors (Lipinski definition) is 2. The van der Waals surface area contributed by atoms with Gasteiger partial charge in [0.15, 0.2) is 0 Å². The van der Waals surface area contributed by atoms with Gasteiger partial charge >= 0.3 is 0 Å². The van der Waals surface area contributed by atoms with Gasteiger partial charge in [0.05, 0.1) is 12.7 Å². The summed E-state index contributed by atoms with van der Waals surface area (Å²) in [7, 11) is 3.40. The summed E-state index contributed by atoms with van der Waals surface area (Å²) in [6, 6.07) is 0.496. The van der Waals surface area contributed by atoms with E-state index < -0.39 is 0 Å². The molecule has 2 unspecified atom stereocenters. The van der Waals surface area contributed by atoms with Gasteiger partial charge in [0.25, 0.3) is 0 Å². The molecule has 0 radical (unpaired) electrons. The number of nitrogens with one attached hydrogen (secondary N) is 2. The van der Waals surface area contributed by atoms with Crippen molar-refractivity contribution < 1.29 is 14.3 Å². The number of amides is 1. The maximum Gasteiger partial charge on any atom is 0.221 e. The molecule has 0 spiro atoms. The van der Waals surface area contributed by atoms with E-state index in [2.05, 4.69) is 10.6 Å². The van der Waals surface area contributed by atoms with Crippen LogP contribution in [0, 0.1) is 0 Å². The zero-order valence-corrected chi connectivity index (χ0v) is 11.5. The third-order valence-corrected chi connectivity index (χ3v) is 3.37. The lowest BCUT2D eigenvalue weighted by atomic mass is 9.93. The van der Waals surface area contributed by atoms with Gasteiger partial charge in [-0.05, 0) is 25.7 Å². The zero-order valence-electron chi connectivity index (χ0n) is 11.5. The van der Waals surface area contributed by atoms with Gasteiger partial charge in [0.1, 0.15) is 0 Å². The van der Waals surface area contributed by atoms with E-state index in [4.69, 9.17) is 9.47 Å². The lowest BCUT2D eigenvalue weighted by Crippen LogP contribution is -2.39. The van der Waals surface area contributed by atoms with Crippen molar-refractivity contribution in [2.45, 2.75) is 44.2 Å². The van der Waals surface area contributed by atoms with Crippen molar-refractivity contribution in [3.05, 3.63) is 0 Å². The quantitative estimate of drug-likeness (QED) is 0.629. The van der Waals surface area contributed by atoms with Crippen molar-refractivity contribution >= 4 is 5.91 Å². The molecular weight excluding hydrogens is 232 g/mol. The van der Waals surface area contributed by atoms with E-state index in [1.807, 2.05) is 0 Å². The molecule has 0 aromatic heterocycles. The van der Waals surface area contributed by atoms with Crippen LogP contribution < -0.4 is 10.6 Å². The molecule has 2 atom stereocenters. The lowest BCUT2D eigenvalue weighted by Gasteiger charge is -2.28. The summed E-state index contributed by atoms with van der Waals surface area (Å²) < 4.78 is 10.3. The maximum absolute atomic E-state index is 11.4. The number of hydrogen-bond acceptors (Lipinski definition) is 4. The average molecular weight is 258 g/mol. The first-order valence-corrected chi connectivity index (χ1v) is 6.78. The van der Waals surface area contributed by atoms with Crippen LogP contribution in [0.2, 0.25) is 0 Å². The zero-order chi connectivity index (χ0) is 13.2. The molecule has 1 aliphatic carbocycles. The molecule has 0 saturated heterocycles. The number of methoxy groups -OCH3 is 2. The Hall–Kier alpha value is -0.650. The van der Waals surface area contributed by atoms with Gasteiger partial charge in [-0.15, -0.1) is 0 Å². The van der Waals surface area contributed by atoms with Gasteiger partial charge in [0, 0.05) is 39.8 Å². The molecular formula is C13H26N2O3. The molecule has 5 nitrogen and oxygen atoms in total. The van der Waals surface area contributed by atoms with E-state index in [1.54, 1.807) is 14.2 Å². The van der Waals surface area contributed by atoms with E-state index >= 15 is 0 Å². The van der Waals surface area contributed by atoms with Gasteiger partial charge < -0.3 is 20.1 Å². The fraction of sp³-hybridized carbons (Fsp3) is 0.923. The minimum atomic E-state index is 0.0821. The molecule has 1 rings (SSSR count). The molecule has 2 N–H and O–H groups in total. The van der Waals surface area contributed by atoms with Gasteiger partial charge in [-0.25, -0.2) is 0 Å². The normalized spacial score (nSPS) is 23.9. The predicted molar refractivity (Wildman–Crippen MR) is 70.6 cm³/mol. The minimum Gasteiger partial charge on any atom is -0.383 e. The van der Waals surface area contributed by atoms with E-state index in [-0.39, 0.29) is 5.91 Å². The Labute approximate surface area is 110 Å². The monoisotopic (exact) mass is 258 g/mol. The molecule has 1 fully saturated rings. The Morgan fingerprint density at radius 1 is 1.28 bits per heavy atom. The molecule has 0 aliphatic heterocycles. The highest BCUT2D eigenvalue weighted by Gasteiger charge is 2.20. The first-order chi connectivity index (χ1) is 8.76. The largest absolute Gasteiger partial charge is 0.383 e.